The molecular weight excluding hydrogens is 176 g/mol. The van der Waals surface area contributed by atoms with Crippen LogP contribution in [-0.4, -0.2) is 4.32 Å². The highest BCUT2D eigenvalue weighted by Gasteiger charge is 2.49. The van der Waals surface area contributed by atoms with Gasteiger partial charge in [-0.3, -0.25) is 0 Å². The molecule has 2 bridgehead atoms. The predicted molar refractivity (Wildman–Crippen MR) is 42.8 cm³/mol. The van der Waals surface area contributed by atoms with Crippen molar-refractivity contribution < 1.29 is 0 Å². The average Bonchev–Trinajstić information content (AvgIpc) is 2.24. The largest absolute Gasteiger partial charge is 0.0850 e. The maximum absolute atomic E-state index is 3.84. The van der Waals surface area contributed by atoms with Gasteiger partial charge < -0.3 is 0 Å². The van der Waals surface area contributed by atoms with Crippen molar-refractivity contribution in [3.05, 3.63) is 0 Å². The molecule has 1 heteroatoms. The molecule has 0 aromatic heterocycles. The summed E-state index contributed by atoms with van der Waals surface area (Å²) in [6, 6.07) is 0. The molecule has 0 aliphatic heterocycles. The summed E-state index contributed by atoms with van der Waals surface area (Å²) >= 11 is 3.84. The smallest absolute Gasteiger partial charge is 0.0286 e. The van der Waals surface area contributed by atoms with Crippen LogP contribution in [0.1, 0.15) is 32.6 Å². The lowest BCUT2D eigenvalue weighted by molar-refractivity contribution is 0.480. The Hall–Kier alpha value is 0.480. The number of alkyl halides is 1. The summed E-state index contributed by atoms with van der Waals surface area (Å²) in [5.41, 5.74) is 0. The van der Waals surface area contributed by atoms with E-state index in [1.807, 2.05) is 0 Å². The van der Waals surface area contributed by atoms with Gasteiger partial charge in [-0.2, -0.15) is 0 Å². The van der Waals surface area contributed by atoms with Crippen LogP contribution in [0.15, 0.2) is 0 Å². The average molecular weight is 189 g/mol. The van der Waals surface area contributed by atoms with E-state index in [2.05, 4.69) is 22.9 Å². The van der Waals surface area contributed by atoms with Crippen molar-refractivity contribution in [2.24, 2.45) is 11.8 Å². The second kappa shape index (κ2) is 1.75. The third-order valence-corrected chi connectivity index (χ3v) is 4.62. The van der Waals surface area contributed by atoms with Gasteiger partial charge in [0.1, 0.15) is 0 Å². The van der Waals surface area contributed by atoms with Gasteiger partial charge in [-0.25, -0.2) is 0 Å². The van der Waals surface area contributed by atoms with Crippen LogP contribution in [0, 0.1) is 11.8 Å². The minimum Gasteiger partial charge on any atom is -0.0850 e. The molecule has 0 atom stereocenters. The van der Waals surface area contributed by atoms with Crippen molar-refractivity contribution in [2.45, 2.75) is 36.9 Å². The maximum Gasteiger partial charge on any atom is 0.0286 e. The van der Waals surface area contributed by atoms with E-state index in [1.54, 1.807) is 0 Å². The Morgan fingerprint density at radius 3 is 1.56 bits per heavy atom. The molecule has 0 radical (unpaired) electrons. The number of hydrogen-bond acceptors (Lipinski definition) is 0. The van der Waals surface area contributed by atoms with Gasteiger partial charge in [0.2, 0.25) is 0 Å². The van der Waals surface area contributed by atoms with E-state index < -0.39 is 0 Å². The lowest BCUT2D eigenvalue weighted by Crippen LogP contribution is -2.20. The van der Waals surface area contributed by atoms with Gasteiger partial charge in [0.05, 0.1) is 0 Å². The van der Waals surface area contributed by atoms with Crippen molar-refractivity contribution >= 4 is 15.9 Å². The van der Waals surface area contributed by atoms with Gasteiger partial charge in [0.15, 0.2) is 0 Å². The molecule has 0 aromatic rings. The van der Waals surface area contributed by atoms with Crippen LogP contribution in [0.4, 0.5) is 0 Å². The fraction of sp³-hybridized carbons (Fsp3) is 1.00. The highest BCUT2D eigenvalue weighted by molar-refractivity contribution is 9.10. The molecule has 2 aliphatic rings. The summed E-state index contributed by atoms with van der Waals surface area (Å²) in [5, 5.41) is 0. The first kappa shape index (κ1) is 6.21. The van der Waals surface area contributed by atoms with Crippen LogP contribution in [0.5, 0.6) is 0 Å². The van der Waals surface area contributed by atoms with Crippen molar-refractivity contribution in [3.63, 3.8) is 0 Å². The van der Waals surface area contributed by atoms with Gasteiger partial charge in [-0.1, -0.05) is 15.9 Å². The summed E-state index contributed by atoms with van der Waals surface area (Å²) in [4.78, 5) is 0. The Morgan fingerprint density at radius 2 is 1.44 bits per heavy atom. The topological polar surface area (TPSA) is 0 Å². The number of hydrogen-bond donors (Lipinski definition) is 0. The monoisotopic (exact) mass is 188 g/mol. The first-order valence-electron chi connectivity index (χ1n) is 3.90. The highest BCUT2D eigenvalue weighted by Crippen LogP contribution is 2.56. The molecule has 52 valence electrons. The maximum atomic E-state index is 3.84. The second-order valence-corrected chi connectivity index (χ2v) is 5.41. The Bertz CT molecular complexity index is 107. The zero-order valence-corrected chi connectivity index (χ0v) is 7.45. The normalized spacial score (nSPS) is 56.7. The molecule has 2 saturated carbocycles. The molecule has 0 spiro atoms. The minimum atomic E-state index is 0.535. The quantitative estimate of drug-likeness (QED) is 0.514. The number of fused-ring (bicyclic) bond motifs is 2. The van der Waals surface area contributed by atoms with Gasteiger partial charge in [-0.05, 0) is 44.4 Å². The molecule has 0 N–H and O–H groups in total. The van der Waals surface area contributed by atoms with E-state index in [9.17, 15) is 0 Å². The Morgan fingerprint density at radius 1 is 1.11 bits per heavy atom. The first-order valence-corrected chi connectivity index (χ1v) is 4.69. The van der Waals surface area contributed by atoms with Crippen LogP contribution in [-0.2, 0) is 0 Å². The molecule has 0 nitrogen and oxygen atoms in total. The van der Waals surface area contributed by atoms with Gasteiger partial charge in [0, 0.05) is 4.32 Å². The van der Waals surface area contributed by atoms with Crippen LogP contribution in [0.2, 0.25) is 0 Å². The Labute approximate surface area is 65.1 Å². The summed E-state index contributed by atoms with van der Waals surface area (Å²) < 4.78 is 0.535. The van der Waals surface area contributed by atoms with E-state index in [1.165, 1.54) is 25.7 Å². The Balaban J connectivity index is 2.26. The van der Waals surface area contributed by atoms with Crippen molar-refractivity contribution in [1.82, 2.24) is 0 Å². The first-order chi connectivity index (χ1) is 4.21. The lowest BCUT2D eigenvalue weighted by Gasteiger charge is -2.20. The van der Waals surface area contributed by atoms with E-state index in [0.717, 1.165) is 11.8 Å². The molecular formula is C8H13Br. The molecule has 2 fully saturated rings. The molecule has 0 aromatic carbocycles. The van der Waals surface area contributed by atoms with E-state index in [0.29, 0.717) is 4.32 Å². The van der Waals surface area contributed by atoms with Crippen molar-refractivity contribution in [1.29, 1.82) is 0 Å². The van der Waals surface area contributed by atoms with Crippen molar-refractivity contribution in [2.75, 3.05) is 0 Å². The number of rotatable bonds is 0. The van der Waals surface area contributed by atoms with Gasteiger partial charge >= 0.3 is 0 Å². The van der Waals surface area contributed by atoms with Gasteiger partial charge in [0.25, 0.3) is 0 Å². The van der Waals surface area contributed by atoms with E-state index in [4.69, 9.17) is 0 Å². The summed E-state index contributed by atoms with van der Waals surface area (Å²) in [7, 11) is 0. The van der Waals surface area contributed by atoms with Crippen LogP contribution < -0.4 is 0 Å². The molecule has 0 amide bonds. The fourth-order valence-electron chi connectivity index (χ4n) is 2.56. The summed E-state index contributed by atoms with van der Waals surface area (Å²) in [6.45, 7) is 2.38. The van der Waals surface area contributed by atoms with E-state index in [-0.39, 0.29) is 0 Å². The highest BCUT2D eigenvalue weighted by atomic mass is 79.9. The summed E-state index contributed by atoms with van der Waals surface area (Å²) in [5.74, 6) is 2.00. The molecule has 0 heterocycles. The van der Waals surface area contributed by atoms with E-state index >= 15 is 0 Å². The number of halogens is 1. The predicted octanol–water partition coefficient (Wildman–Crippen LogP) is 2.96. The SMILES string of the molecule is CC1(Br)C2CCC1CC2. The standard InChI is InChI=1S/C8H13Br/c1-8(9)6-2-3-7(8)5-4-6/h6-7H,2-5H2,1H3. The zero-order chi connectivity index (χ0) is 6.48. The second-order valence-electron chi connectivity index (χ2n) is 3.70. The molecule has 0 saturated heterocycles. The Kier molecular flexibility index (Phi) is 1.20. The third-order valence-electron chi connectivity index (χ3n) is 3.32. The zero-order valence-electron chi connectivity index (χ0n) is 5.86. The van der Waals surface area contributed by atoms with Crippen LogP contribution in [0.3, 0.4) is 0 Å². The van der Waals surface area contributed by atoms with Gasteiger partial charge in [-0.15, -0.1) is 0 Å². The third kappa shape index (κ3) is 0.705. The van der Waals surface area contributed by atoms with Crippen LogP contribution >= 0.6 is 15.9 Å². The lowest BCUT2D eigenvalue weighted by atomic mass is 10.0. The summed E-state index contributed by atoms with van der Waals surface area (Å²) in [6.07, 6.45) is 5.91. The molecule has 2 aliphatic carbocycles. The van der Waals surface area contributed by atoms with Crippen LogP contribution in [0.25, 0.3) is 0 Å². The molecule has 0 unspecified atom stereocenters. The molecule has 9 heavy (non-hydrogen) atoms. The fourth-order valence-corrected chi connectivity index (χ4v) is 3.47. The minimum absolute atomic E-state index is 0.535. The molecule has 2 rings (SSSR count). The van der Waals surface area contributed by atoms with Crippen molar-refractivity contribution in [3.8, 4) is 0 Å².